The number of para-hydroxylation sites is 1. The molecule has 0 atom stereocenters. The van der Waals surface area contributed by atoms with E-state index >= 15 is 0 Å². The Morgan fingerprint density at radius 1 is 0.550 bits per heavy atom. The number of allylic oxidation sites excluding steroid dienone is 4. The molecule has 1 N–H and O–H groups in total. The van der Waals surface area contributed by atoms with Gasteiger partial charge in [0.2, 0.25) is 0 Å². The number of nitrogens with zero attached hydrogens (tertiary/aromatic N) is 3. The highest BCUT2D eigenvalue weighted by atomic mass is 16.3. The van der Waals surface area contributed by atoms with Crippen LogP contribution >= 0.6 is 0 Å². The number of phenolic OH excluding ortho intramolecular Hbond substituents is 1. The van der Waals surface area contributed by atoms with Crippen LogP contribution in [0, 0.1) is 0 Å². The molecule has 2 heterocycles. The van der Waals surface area contributed by atoms with Crippen LogP contribution in [0.4, 0.5) is 0 Å². The van der Waals surface area contributed by atoms with Crippen molar-refractivity contribution in [2.75, 3.05) is 0 Å². The van der Waals surface area contributed by atoms with Gasteiger partial charge in [-0.3, -0.25) is 9.55 Å². The Morgan fingerprint density at radius 3 is 1.87 bits per heavy atom. The molecule has 296 valence electrons. The maximum Gasteiger partial charge on any atom is 0.149 e. The number of imidazole rings is 1. The fraction of sp³-hybridized carbons (Fsp3) is 0.179. The number of hydrogen-bond donors (Lipinski definition) is 1. The van der Waals surface area contributed by atoms with Crippen molar-refractivity contribution in [1.29, 1.82) is 0 Å². The zero-order valence-corrected chi connectivity index (χ0v) is 35.4. The molecule has 0 aliphatic heterocycles. The van der Waals surface area contributed by atoms with E-state index in [1.54, 1.807) is 0 Å². The maximum atomic E-state index is 12.4. The zero-order valence-electron chi connectivity index (χ0n) is 35.4. The van der Waals surface area contributed by atoms with Crippen molar-refractivity contribution in [3.05, 3.63) is 187 Å². The monoisotopic (exact) mass is 781 g/mol. The smallest absolute Gasteiger partial charge is 0.149 e. The van der Waals surface area contributed by atoms with Gasteiger partial charge < -0.3 is 5.11 Å². The summed E-state index contributed by atoms with van der Waals surface area (Å²) in [5.41, 5.74) is 16.2. The molecule has 8 aromatic rings. The minimum atomic E-state index is -0.303. The molecule has 0 spiro atoms. The van der Waals surface area contributed by atoms with Crippen LogP contribution in [-0.4, -0.2) is 19.6 Å². The first-order valence-electron chi connectivity index (χ1n) is 21.0. The highest BCUT2D eigenvalue weighted by molar-refractivity contribution is 6.03. The highest BCUT2D eigenvalue weighted by Gasteiger charge is 2.30. The van der Waals surface area contributed by atoms with E-state index in [0.717, 1.165) is 108 Å². The van der Waals surface area contributed by atoms with Crippen LogP contribution in [0.5, 0.6) is 5.75 Å². The summed E-state index contributed by atoms with van der Waals surface area (Å²) in [5, 5.41) is 12.4. The van der Waals surface area contributed by atoms with Gasteiger partial charge in [-0.05, 0) is 81.3 Å². The molecule has 6 aromatic carbocycles. The number of pyridine rings is 1. The molecule has 0 radical (unpaired) electrons. The largest absolute Gasteiger partial charge is 0.507 e. The molecule has 2 aromatic heterocycles. The number of rotatable bonds is 7. The molecule has 0 unspecified atom stereocenters. The van der Waals surface area contributed by atoms with E-state index in [1.807, 2.05) is 12.3 Å². The quantitative estimate of drug-likeness (QED) is 0.175. The van der Waals surface area contributed by atoms with Gasteiger partial charge in [-0.1, -0.05) is 181 Å². The zero-order chi connectivity index (χ0) is 41.6. The second kappa shape index (κ2) is 15.4. The molecule has 4 nitrogen and oxygen atoms in total. The predicted octanol–water partition coefficient (Wildman–Crippen LogP) is 14.8. The number of phenols is 1. The summed E-state index contributed by atoms with van der Waals surface area (Å²) in [4.78, 5) is 10.7. The third-order valence-electron chi connectivity index (χ3n) is 11.8. The van der Waals surface area contributed by atoms with Gasteiger partial charge in [0.25, 0.3) is 0 Å². The molecule has 9 rings (SSSR count). The summed E-state index contributed by atoms with van der Waals surface area (Å²) < 4.78 is 2.34. The number of aromatic hydroxyl groups is 1. The van der Waals surface area contributed by atoms with E-state index in [0.29, 0.717) is 0 Å². The summed E-state index contributed by atoms with van der Waals surface area (Å²) in [5.74, 6) is 1.01. The Balaban J connectivity index is 1.34. The molecule has 1 aliphatic carbocycles. The van der Waals surface area contributed by atoms with E-state index in [4.69, 9.17) is 9.97 Å². The number of hydrogen-bond acceptors (Lipinski definition) is 3. The second-order valence-electron chi connectivity index (χ2n) is 18.0. The molecule has 4 heteroatoms. The second-order valence-corrected chi connectivity index (χ2v) is 18.0. The lowest BCUT2D eigenvalue weighted by Crippen LogP contribution is -2.17. The summed E-state index contributed by atoms with van der Waals surface area (Å²) in [6.07, 6.45) is 8.22. The Morgan fingerprint density at radius 2 is 1.22 bits per heavy atom. The van der Waals surface area contributed by atoms with Gasteiger partial charge in [0, 0.05) is 39.7 Å². The maximum absolute atomic E-state index is 12.4. The number of fused-ring (bicyclic) bond motifs is 1. The Kier molecular flexibility index (Phi) is 9.96. The van der Waals surface area contributed by atoms with Crippen molar-refractivity contribution in [2.24, 2.45) is 0 Å². The molecule has 1 aliphatic rings. The van der Waals surface area contributed by atoms with Gasteiger partial charge >= 0.3 is 0 Å². The summed E-state index contributed by atoms with van der Waals surface area (Å²) in [6, 6.07) is 53.4. The highest BCUT2D eigenvalue weighted by Crippen LogP contribution is 2.47. The van der Waals surface area contributed by atoms with Crippen LogP contribution in [0.15, 0.2) is 170 Å². The summed E-state index contributed by atoms with van der Waals surface area (Å²) in [6.45, 7) is 13.2. The van der Waals surface area contributed by atoms with Crippen LogP contribution in [0.3, 0.4) is 0 Å². The third-order valence-corrected chi connectivity index (χ3v) is 11.8. The van der Waals surface area contributed by atoms with Gasteiger partial charge in [0.15, 0.2) is 0 Å². The third kappa shape index (κ3) is 7.28. The van der Waals surface area contributed by atoms with Crippen molar-refractivity contribution >= 4 is 22.3 Å². The predicted molar refractivity (Wildman–Crippen MR) is 252 cm³/mol. The van der Waals surface area contributed by atoms with Crippen LogP contribution in [0.1, 0.15) is 71.1 Å². The first-order valence-corrected chi connectivity index (χ1v) is 21.0. The average Bonchev–Trinajstić information content (AvgIpc) is 3.66. The standard InChI is InChI=1S/C56H51N3O/c1-55(2,3)42-34-47(53(60)48(35-42)56(4,5)6)54-58-52-45(26-18-28-51(52)59(54)50-27-17-16-25-44(50)39-23-14-9-15-24-39)46-33-40(29-31-43(46)38-21-12-8-13-22-38)49-32-30-41(36-57-49)37-19-10-7-11-20-37/h7-16,18-26,28-36,60H,17,27H2,1-6H3. The van der Waals surface area contributed by atoms with Crippen molar-refractivity contribution in [3.63, 3.8) is 0 Å². The van der Waals surface area contributed by atoms with Crippen LogP contribution in [0.25, 0.3) is 78.3 Å². The summed E-state index contributed by atoms with van der Waals surface area (Å²) >= 11 is 0. The van der Waals surface area contributed by atoms with Gasteiger partial charge in [-0.2, -0.15) is 0 Å². The lowest BCUT2D eigenvalue weighted by atomic mass is 9.79. The van der Waals surface area contributed by atoms with E-state index < -0.39 is 0 Å². The Labute approximate surface area is 354 Å². The molecule has 0 saturated heterocycles. The molecular formula is C56H51N3O. The van der Waals surface area contributed by atoms with Gasteiger partial charge in [0.05, 0.1) is 22.3 Å². The molecule has 0 saturated carbocycles. The van der Waals surface area contributed by atoms with Crippen LogP contribution in [0.2, 0.25) is 0 Å². The van der Waals surface area contributed by atoms with E-state index in [-0.39, 0.29) is 16.6 Å². The van der Waals surface area contributed by atoms with E-state index in [9.17, 15) is 5.11 Å². The van der Waals surface area contributed by atoms with Crippen molar-refractivity contribution < 1.29 is 5.11 Å². The fourth-order valence-corrected chi connectivity index (χ4v) is 8.51. The minimum Gasteiger partial charge on any atom is -0.507 e. The van der Waals surface area contributed by atoms with Gasteiger partial charge in [-0.15, -0.1) is 0 Å². The molecule has 0 amide bonds. The van der Waals surface area contributed by atoms with Crippen molar-refractivity contribution in [3.8, 4) is 61.8 Å². The molecule has 60 heavy (non-hydrogen) atoms. The molecule has 0 bridgehead atoms. The molecule has 0 fully saturated rings. The Hall–Kier alpha value is -6.78. The van der Waals surface area contributed by atoms with Crippen molar-refractivity contribution in [2.45, 2.75) is 65.2 Å². The topological polar surface area (TPSA) is 50.9 Å². The first-order chi connectivity index (χ1) is 29.0. The van der Waals surface area contributed by atoms with Crippen LogP contribution in [-0.2, 0) is 10.8 Å². The minimum absolute atomic E-state index is 0.162. The average molecular weight is 782 g/mol. The van der Waals surface area contributed by atoms with Crippen molar-refractivity contribution in [1.82, 2.24) is 14.5 Å². The number of aromatic nitrogens is 3. The number of benzene rings is 6. The van der Waals surface area contributed by atoms with E-state index in [1.165, 1.54) is 0 Å². The Bertz CT molecular complexity index is 2910. The molecular weight excluding hydrogens is 731 g/mol. The van der Waals surface area contributed by atoms with Gasteiger partial charge in [0.1, 0.15) is 11.6 Å². The lowest BCUT2D eigenvalue weighted by Gasteiger charge is -2.28. The van der Waals surface area contributed by atoms with Crippen LogP contribution < -0.4 is 0 Å². The summed E-state index contributed by atoms with van der Waals surface area (Å²) in [7, 11) is 0. The van der Waals surface area contributed by atoms with Gasteiger partial charge in [-0.25, -0.2) is 4.98 Å². The fourth-order valence-electron chi connectivity index (χ4n) is 8.51. The SMILES string of the molecule is CC(C)(C)c1cc(-c2nc3c(-c4cc(-c5ccc(-c6ccccc6)cn5)ccc4-c4ccccc4)cccc3n2C2=C(c3ccccc3)C=CCC2)c(O)c(C(C)(C)C)c1. The van der Waals surface area contributed by atoms with E-state index in [2.05, 4.69) is 204 Å². The first kappa shape index (κ1) is 38.7. The lowest BCUT2D eigenvalue weighted by molar-refractivity contribution is 0.446. The normalized spacial score (nSPS) is 13.3.